The molecule has 0 saturated heterocycles. The van der Waals surface area contributed by atoms with Crippen molar-refractivity contribution in [3.63, 3.8) is 0 Å². The first-order valence-electron chi connectivity index (χ1n) is 8.31. The SMILES string of the molecule is O=C(NCC1(O)CCCCC1)c1cc(Oc2cccnn2)ccc1Cl. The van der Waals surface area contributed by atoms with Crippen LogP contribution in [0.4, 0.5) is 0 Å². The number of hydrogen-bond acceptors (Lipinski definition) is 5. The van der Waals surface area contributed by atoms with Crippen molar-refractivity contribution in [2.45, 2.75) is 37.7 Å². The van der Waals surface area contributed by atoms with Crippen LogP contribution < -0.4 is 10.1 Å². The minimum atomic E-state index is -0.825. The zero-order valence-electron chi connectivity index (χ0n) is 13.7. The largest absolute Gasteiger partial charge is 0.437 e. The van der Waals surface area contributed by atoms with Crippen LogP contribution in [0.3, 0.4) is 0 Å². The Bertz CT molecular complexity index is 734. The van der Waals surface area contributed by atoms with E-state index < -0.39 is 5.60 Å². The molecule has 3 rings (SSSR count). The normalized spacial score (nSPS) is 16.2. The molecule has 2 aromatic rings. The summed E-state index contributed by atoms with van der Waals surface area (Å²) < 4.78 is 5.58. The first kappa shape index (κ1) is 17.6. The molecule has 7 heteroatoms. The van der Waals surface area contributed by atoms with Crippen LogP contribution in [0.1, 0.15) is 42.5 Å². The average molecular weight is 362 g/mol. The highest BCUT2D eigenvalue weighted by atomic mass is 35.5. The van der Waals surface area contributed by atoms with E-state index >= 15 is 0 Å². The van der Waals surface area contributed by atoms with E-state index in [-0.39, 0.29) is 12.5 Å². The van der Waals surface area contributed by atoms with Gasteiger partial charge in [-0.2, -0.15) is 5.10 Å². The summed E-state index contributed by atoms with van der Waals surface area (Å²) in [6.07, 6.45) is 6.05. The second kappa shape index (κ2) is 7.80. The van der Waals surface area contributed by atoms with Crippen LogP contribution in [0.15, 0.2) is 36.5 Å². The molecule has 1 aromatic carbocycles. The molecule has 132 valence electrons. The van der Waals surface area contributed by atoms with Gasteiger partial charge in [0.05, 0.1) is 16.2 Å². The van der Waals surface area contributed by atoms with Gasteiger partial charge in [-0.05, 0) is 37.1 Å². The van der Waals surface area contributed by atoms with Crippen LogP contribution in [-0.2, 0) is 0 Å². The summed E-state index contributed by atoms with van der Waals surface area (Å²) in [5.74, 6) is 0.424. The average Bonchev–Trinajstić information content (AvgIpc) is 2.63. The Morgan fingerprint density at radius 1 is 1.28 bits per heavy atom. The number of benzene rings is 1. The second-order valence-electron chi connectivity index (χ2n) is 6.27. The van der Waals surface area contributed by atoms with E-state index in [0.717, 1.165) is 19.3 Å². The summed E-state index contributed by atoms with van der Waals surface area (Å²) in [4.78, 5) is 12.5. The molecule has 6 nitrogen and oxygen atoms in total. The third kappa shape index (κ3) is 4.67. The molecule has 25 heavy (non-hydrogen) atoms. The van der Waals surface area contributed by atoms with Gasteiger partial charge in [-0.3, -0.25) is 4.79 Å². The summed E-state index contributed by atoms with van der Waals surface area (Å²) >= 11 is 6.14. The smallest absolute Gasteiger partial charge is 0.253 e. The van der Waals surface area contributed by atoms with Gasteiger partial charge < -0.3 is 15.2 Å². The molecule has 1 saturated carbocycles. The standard InChI is InChI=1S/C18H20ClN3O3/c19-15-7-6-13(25-16-5-4-10-21-22-16)11-14(15)17(23)20-12-18(24)8-2-1-3-9-18/h4-7,10-11,24H,1-3,8-9,12H2,(H,20,23). The van der Waals surface area contributed by atoms with Crippen molar-refractivity contribution >= 4 is 17.5 Å². The van der Waals surface area contributed by atoms with Crippen LogP contribution >= 0.6 is 11.6 Å². The molecule has 0 bridgehead atoms. The minimum absolute atomic E-state index is 0.220. The maximum atomic E-state index is 12.5. The van der Waals surface area contributed by atoms with Crippen molar-refractivity contribution in [2.75, 3.05) is 6.54 Å². The Morgan fingerprint density at radius 3 is 2.80 bits per heavy atom. The molecule has 1 amide bonds. The molecule has 1 aliphatic carbocycles. The second-order valence-corrected chi connectivity index (χ2v) is 6.68. The fraction of sp³-hybridized carbons (Fsp3) is 0.389. The molecule has 0 unspecified atom stereocenters. The van der Waals surface area contributed by atoms with Gasteiger partial charge in [-0.1, -0.05) is 30.9 Å². The number of ether oxygens (including phenoxy) is 1. The Kier molecular flexibility index (Phi) is 5.50. The van der Waals surface area contributed by atoms with Gasteiger partial charge in [0, 0.05) is 18.8 Å². The quantitative estimate of drug-likeness (QED) is 0.853. The number of aromatic nitrogens is 2. The third-order valence-corrected chi connectivity index (χ3v) is 4.64. The molecule has 0 atom stereocenters. The monoisotopic (exact) mass is 361 g/mol. The highest BCUT2D eigenvalue weighted by molar-refractivity contribution is 6.33. The predicted molar refractivity (Wildman–Crippen MR) is 93.9 cm³/mol. The summed E-state index contributed by atoms with van der Waals surface area (Å²) in [6, 6.07) is 8.17. The molecule has 1 heterocycles. The highest BCUT2D eigenvalue weighted by Gasteiger charge is 2.29. The van der Waals surface area contributed by atoms with E-state index in [0.29, 0.717) is 35.1 Å². The lowest BCUT2D eigenvalue weighted by molar-refractivity contribution is 0.00526. The molecule has 0 spiro atoms. The topological polar surface area (TPSA) is 84.3 Å². The van der Waals surface area contributed by atoms with E-state index in [2.05, 4.69) is 15.5 Å². The summed E-state index contributed by atoms with van der Waals surface area (Å²) in [6.45, 7) is 0.220. The van der Waals surface area contributed by atoms with Crippen LogP contribution in [0, 0.1) is 0 Å². The van der Waals surface area contributed by atoms with Gasteiger partial charge in [0.25, 0.3) is 5.91 Å². The van der Waals surface area contributed by atoms with Gasteiger partial charge in [0.1, 0.15) is 5.75 Å². The van der Waals surface area contributed by atoms with Crippen molar-refractivity contribution in [3.8, 4) is 11.6 Å². The number of carbonyl (C=O) groups is 1. The van der Waals surface area contributed by atoms with Gasteiger partial charge in [-0.15, -0.1) is 5.10 Å². The zero-order valence-corrected chi connectivity index (χ0v) is 14.5. The first-order chi connectivity index (χ1) is 12.1. The van der Waals surface area contributed by atoms with E-state index in [1.807, 2.05) is 0 Å². The number of hydrogen-bond donors (Lipinski definition) is 2. The number of halogens is 1. The zero-order chi connectivity index (χ0) is 17.7. The summed E-state index contributed by atoms with van der Waals surface area (Å²) in [7, 11) is 0. The van der Waals surface area contributed by atoms with Crippen molar-refractivity contribution in [1.29, 1.82) is 0 Å². The number of nitrogens with one attached hydrogen (secondary N) is 1. The van der Waals surface area contributed by atoms with Crippen LogP contribution in [0.25, 0.3) is 0 Å². The number of nitrogens with zero attached hydrogens (tertiary/aromatic N) is 2. The lowest BCUT2D eigenvalue weighted by atomic mass is 9.85. The maximum Gasteiger partial charge on any atom is 0.253 e. The number of carbonyl (C=O) groups excluding carboxylic acids is 1. The van der Waals surface area contributed by atoms with Gasteiger partial charge in [-0.25, -0.2) is 0 Å². The van der Waals surface area contributed by atoms with E-state index in [1.165, 1.54) is 0 Å². The van der Waals surface area contributed by atoms with Gasteiger partial charge in [0.15, 0.2) is 0 Å². The van der Waals surface area contributed by atoms with Crippen molar-refractivity contribution in [3.05, 3.63) is 47.1 Å². The number of aliphatic hydroxyl groups is 1. The molecule has 2 N–H and O–H groups in total. The van der Waals surface area contributed by atoms with Gasteiger partial charge in [0.2, 0.25) is 5.88 Å². The molecule has 0 aliphatic heterocycles. The van der Waals surface area contributed by atoms with E-state index in [4.69, 9.17) is 16.3 Å². The molecule has 1 aromatic heterocycles. The summed E-state index contributed by atoms with van der Waals surface area (Å²) in [5.41, 5.74) is -0.531. The Labute approximate surface area is 151 Å². The van der Waals surface area contributed by atoms with Gasteiger partial charge >= 0.3 is 0 Å². The molecule has 1 fully saturated rings. The van der Waals surface area contributed by atoms with E-state index in [1.54, 1.807) is 36.5 Å². The highest BCUT2D eigenvalue weighted by Crippen LogP contribution is 2.28. The van der Waals surface area contributed by atoms with Crippen molar-refractivity contribution in [1.82, 2.24) is 15.5 Å². The van der Waals surface area contributed by atoms with E-state index in [9.17, 15) is 9.90 Å². The first-order valence-corrected chi connectivity index (χ1v) is 8.69. The lowest BCUT2D eigenvalue weighted by Crippen LogP contribution is -2.44. The number of amides is 1. The Balaban J connectivity index is 1.68. The van der Waals surface area contributed by atoms with Crippen LogP contribution in [0.5, 0.6) is 11.6 Å². The molecular formula is C18H20ClN3O3. The molecular weight excluding hydrogens is 342 g/mol. The van der Waals surface area contributed by atoms with Crippen LogP contribution in [-0.4, -0.2) is 33.4 Å². The van der Waals surface area contributed by atoms with Crippen molar-refractivity contribution < 1.29 is 14.6 Å². The minimum Gasteiger partial charge on any atom is -0.437 e. The van der Waals surface area contributed by atoms with Crippen molar-refractivity contribution in [2.24, 2.45) is 0 Å². The lowest BCUT2D eigenvalue weighted by Gasteiger charge is -2.32. The Morgan fingerprint density at radius 2 is 2.08 bits per heavy atom. The Hall–Kier alpha value is -2.18. The fourth-order valence-corrected chi connectivity index (χ4v) is 3.13. The summed E-state index contributed by atoms with van der Waals surface area (Å²) in [5, 5.41) is 21.2. The van der Waals surface area contributed by atoms with Crippen LogP contribution in [0.2, 0.25) is 5.02 Å². The fourth-order valence-electron chi connectivity index (χ4n) is 2.93. The third-order valence-electron chi connectivity index (χ3n) is 4.31. The molecule has 0 radical (unpaired) electrons. The predicted octanol–water partition coefficient (Wildman–Crippen LogP) is 3.35. The molecule has 1 aliphatic rings. The number of rotatable bonds is 5. The maximum absolute atomic E-state index is 12.5.